The molecule has 7 heteroatoms. The zero-order valence-corrected chi connectivity index (χ0v) is 16.7. The van der Waals surface area contributed by atoms with Crippen LogP contribution in [0.5, 0.6) is 0 Å². The summed E-state index contributed by atoms with van der Waals surface area (Å²) in [5.41, 5.74) is 1.83. The molecule has 1 fully saturated rings. The van der Waals surface area contributed by atoms with Gasteiger partial charge in [0.05, 0.1) is 35.8 Å². The largest absolute Gasteiger partial charge is 0.467 e. The molecule has 1 aliphatic heterocycles. The highest BCUT2D eigenvalue weighted by molar-refractivity contribution is 5.89. The van der Waals surface area contributed by atoms with Crippen LogP contribution in [0.15, 0.2) is 47.1 Å². The number of fused-ring (bicyclic) bond motifs is 1. The highest BCUT2D eigenvalue weighted by atomic mass is 16.3. The average Bonchev–Trinajstić information content (AvgIpc) is 3.46. The molecule has 2 amide bonds. The average molecular weight is 394 g/mol. The van der Waals surface area contributed by atoms with Gasteiger partial charge in [-0.2, -0.15) is 0 Å². The minimum atomic E-state index is -0.367. The van der Waals surface area contributed by atoms with E-state index in [1.54, 1.807) is 17.2 Å². The van der Waals surface area contributed by atoms with Gasteiger partial charge in [0.2, 0.25) is 11.8 Å². The van der Waals surface area contributed by atoms with E-state index in [9.17, 15) is 9.59 Å². The normalized spacial score (nSPS) is 18.9. The van der Waals surface area contributed by atoms with Crippen LogP contribution in [-0.2, 0) is 16.1 Å². The number of H-pyrrole nitrogens is 1. The Bertz CT molecular complexity index is 962. The summed E-state index contributed by atoms with van der Waals surface area (Å²) >= 11 is 0. The maximum absolute atomic E-state index is 13.0. The fraction of sp³-hybridized carbons (Fsp3) is 0.409. The fourth-order valence-corrected chi connectivity index (χ4v) is 3.80. The van der Waals surface area contributed by atoms with Crippen molar-refractivity contribution in [1.82, 2.24) is 20.2 Å². The van der Waals surface area contributed by atoms with Crippen molar-refractivity contribution in [3.63, 3.8) is 0 Å². The fourth-order valence-electron chi connectivity index (χ4n) is 3.80. The van der Waals surface area contributed by atoms with Crippen LogP contribution in [0.1, 0.15) is 44.3 Å². The summed E-state index contributed by atoms with van der Waals surface area (Å²) in [5, 5.41) is 3.15. The summed E-state index contributed by atoms with van der Waals surface area (Å²) in [4.78, 5) is 35.1. The second kappa shape index (κ2) is 8.11. The summed E-state index contributed by atoms with van der Waals surface area (Å²) in [6.45, 7) is 4.99. The van der Waals surface area contributed by atoms with E-state index in [-0.39, 0.29) is 36.1 Å². The molecule has 2 N–H and O–H groups in total. The number of imidazole rings is 1. The number of nitrogens with one attached hydrogen (secondary N) is 2. The van der Waals surface area contributed by atoms with Gasteiger partial charge in [-0.1, -0.05) is 32.4 Å². The minimum Gasteiger partial charge on any atom is -0.467 e. The third-order valence-electron chi connectivity index (χ3n) is 5.73. The first-order valence-corrected chi connectivity index (χ1v) is 10.1. The molecule has 1 saturated heterocycles. The molecule has 0 radical (unpaired) electrons. The summed E-state index contributed by atoms with van der Waals surface area (Å²) in [7, 11) is 0. The second-order valence-electron chi connectivity index (χ2n) is 7.77. The van der Waals surface area contributed by atoms with Crippen molar-refractivity contribution in [2.24, 2.45) is 11.8 Å². The molecular formula is C22H26N4O3. The Kier molecular flexibility index (Phi) is 5.38. The second-order valence-corrected chi connectivity index (χ2v) is 7.77. The van der Waals surface area contributed by atoms with Crippen LogP contribution in [-0.4, -0.2) is 33.2 Å². The Morgan fingerprint density at radius 2 is 2.17 bits per heavy atom. The maximum atomic E-state index is 13.0. The number of nitrogens with zero attached hydrogens (tertiary/aromatic N) is 2. The molecule has 3 atom stereocenters. The molecule has 0 unspecified atom stereocenters. The Morgan fingerprint density at radius 3 is 2.90 bits per heavy atom. The van der Waals surface area contributed by atoms with Crippen LogP contribution in [0.2, 0.25) is 0 Å². The molecule has 3 aromatic rings. The molecule has 2 aromatic heterocycles. The molecule has 0 saturated carbocycles. The summed E-state index contributed by atoms with van der Waals surface area (Å²) in [6.07, 6.45) is 2.71. The van der Waals surface area contributed by atoms with Crippen LogP contribution in [0.4, 0.5) is 0 Å². The zero-order chi connectivity index (χ0) is 20.4. The van der Waals surface area contributed by atoms with Crippen molar-refractivity contribution in [1.29, 1.82) is 0 Å². The van der Waals surface area contributed by atoms with Crippen molar-refractivity contribution in [3.8, 4) is 0 Å². The first kappa shape index (κ1) is 19.2. The van der Waals surface area contributed by atoms with Gasteiger partial charge < -0.3 is 19.6 Å². The number of likely N-dealkylation sites (tertiary alicyclic amines) is 1. The SMILES string of the molecule is CC[C@H](C)[C@@H](NC(=O)[C@@H]1CC(=O)N(Cc2ccco2)C1)c1nc2ccccc2[nH]1. The van der Waals surface area contributed by atoms with E-state index in [2.05, 4.69) is 29.1 Å². The van der Waals surface area contributed by atoms with E-state index in [1.165, 1.54) is 0 Å². The van der Waals surface area contributed by atoms with Crippen molar-refractivity contribution >= 4 is 22.8 Å². The number of furan rings is 1. The van der Waals surface area contributed by atoms with Gasteiger partial charge in [-0.15, -0.1) is 0 Å². The smallest absolute Gasteiger partial charge is 0.226 e. The number of aromatic nitrogens is 2. The molecule has 4 rings (SSSR count). The number of aromatic amines is 1. The number of amides is 2. The number of hydrogen-bond donors (Lipinski definition) is 2. The monoisotopic (exact) mass is 394 g/mol. The van der Waals surface area contributed by atoms with Crippen LogP contribution < -0.4 is 5.32 Å². The quantitative estimate of drug-likeness (QED) is 0.642. The number of para-hydroxylation sites is 2. The molecule has 1 aliphatic rings. The number of carbonyl (C=O) groups excluding carboxylic acids is 2. The van der Waals surface area contributed by atoms with Gasteiger partial charge in [-0.3, -0.25) is 9.59 Å². The predicted molar refractivity (Wildman–Crippen MR) is 109 cm³/mol. The molecule has 29 heavy (non-hydrogen) atoms. The molecule has 7 nitrogen and oxygen atoms in total. The first-order chi connectivity index (χ1) is 14.0. The third-order valence-corrected chi connectivity index (χ3v) is 5.73. The number of rotatable bonds is 7. The lowest BCUT2D eigenvalue weighted by Crippen LogP contribution is -2.38. The van der Waals surface area contributed by atoms with E-state index >= 15 is 0 Å². The lowest BCUT2D eigenvalue weighted by atomic mass is 9.97. The van der Waals surface area contributed by atoms with Crippen LogP contribution in [0.3, 0.4) is 0 Å². The van der Waals surface area contributed by atoms with E-state index < -0.39 is 0 Å². The summed E-state index contributed by atoms with van der Waals surface area (Å²) in [6, 6.07) is 11.2. The van der Waals surface area contributed by atoms with Crippen molar-refractivity contribution < 1.29 is 14.0 Å². The molecule has 3 heterocycles. The summed E-state index contributed by atoms with van der Waals surface area (Å²) in [5.74, 6) is 1.19. The third kappa shape index (κ3) is 4.04. The van der Waals surface area contributed by atoms with Gasteiger partial charge in [0.25, 0.3) is 0 Å². The topological polar surface area (TPSA) is 91.2 Å². The number of benzene rings is 1. The van der Waals surface area contributed by atoms with Gasteiger partial charge >= 0.3 is 0 Å². The highest BCUT2D eigenvalue weighted by Crippen LogP contribution is 2.27. The lowest BCUT2D eigenvalue weighted by molar-refractivity contribution is -0.129. The minimum absolute atomic E-state index is 0.0228. The van der Waals surface area contributed by atoms with Crippen LogP contribution in [0.25, 0.3) is 11.0 Å². The first-order valence-electron chi connectivity index (χ1n) is 10.1. The standard InChI is InChI=1S/C22H26N4O3/c1-3-14(2)20(21-23-17-8-4-5-9-18(17)24-21)25-22(28)15-11-19(27)26(12-15)13-16-7-6-10-29-16/h4-10,14-15,20H,3,11-13H2,1-2H3,(H,23,24)(H,25,28)/t14-,15+,20+/m0/s1. The highest BCUT2D eigenvalue weighted by Gasteiger charge is 2.36. The van der Waals surface area contributed by atoms with Crippen LogP contribution in [0, 0.1) is 11.8 Å². The van der Waals surface area contributed by atoms with Gasteiger partial charge in [0.1, 0.15) is 11.6 Å². The lowest BCUT2D eigenvalue weighted by Gasteiger charge is -2.24. The summed E-state index contributed by atoms with van der Waals surface area (Å²) < 4.78 is 5.33. The Hall–Kier alpha value is -3.09. The number of hydrogen-bond acceptors (Lipinski definition) is 4. The van der Waals surface area contributed by atoms with Crippen molar-refractivity contribution in [3.05, 3.63) is 54.2 Å². The molecule has 1 aromatic carbocycles. The predicted octanol–water partition coefficient (Wildman–Crippen LogP) is 3.41. The van der Waals surface area contributed by atoms with Gasteiger partial charge in [-0.05, 0) is 30.2 Å². The molecule has 0 bridgehead atoms. The Morgan fingerprint density at radius 1 is 1.34 bits per heavy atom. The number of carbonyl (C=O) groups is 2. The van der Waals surface area contributed by atoms with Gasteiger partial charge in [-0.25, -0.2) is 4.98 Å². The Labute approximate surface area is 169 Å². The van der Waals surface area contributed by atoms with E-state index in [0.29, 0.717) is 13.1 Å². The zero-order valence-electron chi connectivity index (χ0n) is 16.7. The molecule has 0 aliphatic carbocycles. The van der Waals surface area contributed by atoms with E-state index in [4.69, 9.17) is 4.42 Å². The van der Waals surface area contributed by atoms with E-state index in [0.717, 1.165) is 29.0 Å². The Balaban J connectivity index is 1.47. The molecule has 0 spiro atoms. The van der Waals surface area contributed by atoms with Gasteiger partial charge in [0, 0.05) is 13.0 Å². The van der Waals surface area contributed by atoms with Crippen molar-refractivity contribution in [2.45, 2.75) is 39.3 Å². The maximum Gasteiger partial charge on any atom is 0.226 e. The molecule has 152 valence electrons. The molecular weight excluding hydrogens is 368 g/mol. The van der Waals surface area contributed by atoms with E-state index in [1.807, 2.05) is 30.3 Å². The van der Waals surface area contributed by atoms with Gasteiger partial charge in [0.15, 0.2) is 0 Å². The van der Waals surface area contributed by atoms with Crippen LogP contribution >= 0.6 is 0 Å². The van der Waals surface area contributed by atoms with Crippen molar-refractivity contribution in [2.75, 3.05) is 6.54 Å².